The van der Waals surface area contributed by atoms with Gasteiger partial charge in [0.2, 0.25) is 0 Å². The fourth-order valence-electron chi connectivity index (χ4n) is 2.11. The molecule has 1 aliphatic rings. The molecule has 0 radical (unpaired) electrons. The van der Waals surface area contributed by atoms with Crippen molar-refractivity contribution in [1.29, 1.82) is 0 Å². The third-order valence-corrected chi connectivity index (χ3v) is 3.82. The minimum Gasteiger partial charge on any atom is -0.394 e. The van der Waals surface area contributed by atoms with Crippen molar-refractivity contribution in [2.24, 2.45) is 0 Å². The zero-order valence-corrected chi connectivity index (χ0v) is 11.5. The fourth-order valence-corrected chi connectivity index (χ4v) is 2.86. The molecular formula is C12H13BrClNO2. The fraction of sp³-hybridized carbons (Fsp3) is 0.417. The second kappa shape index (κ2) is 5.38. The van der Waals surface area contributed by atoms with E-state index in [1.165, 1.54) is 0 Å². The van der Waals surface area contributed by atoms with Gasteiger partial charge in [-0.25, -0.2) is 0 Å². The summed E-state index contributed by atoms with van der Waals surface area (Å²) in [5, 5.41) is 9.65. The van der Waals surface area contributed by atoms with Gasteiger partial charge < -0.3 is 10.0 Å². The van der Waals surface area contributed by atoms with Gasteiger partial charge in [-0.1, -0.05) is 27.5 Å². The van der Waals surface area contributed by atoms with E-state index in [9.17, 15) is 9.90 Å². The highest BCUT2D eigenvalue weighted by Gasteiger charge is 2.29. The Hall–Kier alpha value is -0.580. The lowest BCUT2D eigenvalue weighted by Crippen LogP contribution is -2.37. The van der Waals surface area contributed by atoms with Crippen molar-refractivity contribution in [3.05, 3.63) is 33.3 Å². The summed E-state index contributed by atoms with van der Waals surface area (Å²) in [7, 11) is 0. The van der Waals surface area contributed by atoms with Crippen LogP contribution in [0.3, 0.4) is 0 Å². The summed E-state index contributed by atoms with van der Waals surface area (Å²) in [4.78, 5) is 14.0. The van der Waals surface area contributed by atoms with Gasteiger partial charge in [-0.2, -0.15) is 0 Å². The molecule has 1 aromatic carbocycles. The molecule has 0 aromatic heterocycles. The molecule has 1 saturated heterocycles. The van der Waals surface area contributed by atoms with E-state index in [1.807, 2.05) is 0 Å². The maximum absolute atomic E-state index is 12.3. The summed E-state index contributed by atoms with van der Waals surface area (Å²) in [6, 6.07) is 5.14. The third kappa shape index (κ3) is 2.64. The molecule has 2 rings (SSSR count). The third-order valence-electron chi connectivity index (χ3n) is 3.01. The zero-order chi connectivity index (χ0) is 12.4. The van der Waals surface area contributed by atoms with E-state index in [0.717, 1.165) is 17.3 Å². The lowest BCUT2D eigenvalue weighted by Gasteiger charge is -2.23. The number of aliphatic hydroxyl groups excluding tert-OH is 1. The predicted octanol–water partition coefficient (Wildman–Crippen LogP) is 2.70. The number of carbonyl (C=O) groups is 1. The minimum absolute atomic E-state index is 0.0138. The molecular weight excluding hydrogens is 305 g/mol. The first-order valence-electron chi connectivity index (χ1n) is 5.50. The number of rotatable bonds is 2. The minimum atomic E-state index is -0.0981. The van der Waals surface area contributed by atoms with Crippen molar-refractivity contribution in [2.45, 2.75) is 18.9 Å². The van der Waals surface area contributed by atoms with Gasteiger partial charge in [0.25, 0.3) is 5.91 Å². The van der Waals surface area contributed by atoms with Crippen LogP contribution >= 0.6 is 27.5 Å². The lowest BCUT2D eigenvalue weighted by molar-refractivity contribution is 0.0678. The summed E-state index contributed by atoms with van der Waals surface area (Å²) in [6.45, 7) is 0.705. The smallest absolute Gasteiger partial charge is 0.255 e. The van der Waals surface area contributed by atoms with Crippen LogP contribution in [0.25, 0.3) is 0 Å². The number of aliphatic hydroxyl groups is 1. The average molecular weight is 319 g/mol. The molecule has 1 fully saturated rings. The number of benzene rings is 1. The van der Waals surface area contributed by atoms with Crippen LogP contribution in [-0.2, 0) is 0 Å². The highest BCUT2D eigenvalue weighted by Crippen LogP contribution is 2.26. The molecule has 3 nitrogen and oxygen atoms in total. The van der Waals surface area contributed by atoms with E-state index in [4.69, 9.17) is 11.6 Å². The van der Waals surface area contributed by atoms with Crippen molar-refractivity contribution in [1.82, 2.24) is 4.90 Å². The first-order valence-corrected chi connectivity index (χ1v) is 6.67. The number of hydrogen-bond donors (Lipinski definition) is 1. The zero-order valence-electron chi connectivity index (χ0n) is 9.20. The Morgan fingerprint density at radius 1 is 1.59 bits per heavy atom. The standard InChI is InChI=1S/C12H13BrClNO2/c13-8-3-4-10(11(14)6-8)12(17)15-5-1-2-9(15)7-16/h3-4,6,9,16H,1-2,5,7H2. The highest BCUT2D eigenvalue weighted by atomic mass is 79.9. The lowest BCUT2D eigenvalue weighted by atomic mass is 10.1. The molecule has 1 amide bonds. The van der Waals surface area contributed by atoms with Crippen molar-refractivity contribution < 1.29 is 9.90 Å². The molecule has 1 aliphatic heterocycles. The van der Waals surface area contributed by atoms with Crippen LogP contribution in [-0.4, -0.2) is 35.1 Å². The normalized spacial score (nSPS) is 19.7. The van der Waals surface area contributed by atoms with Gasteiger partial charge in [-0.15, -0.1) is 0 Å². The molecule has 1 heterocycles. The Kier molecular flexibility index (Phi) is 4.07. The Bertz CT molecular complexity index is 439. The molecule has 1 unspecified atom stereocenters. The van der Waals surface area contributed by atoms with Crippen LogP contribution in [0.5, 0.6) is 0 Å². The maximum Gasteiger partial charge on any atom is 0.255 e. The summed E-state index contributed by atoms with van der Waals surface area (Å²) in [5.74, 6) is -0.0981. The molecule has 1 atom stereocenters. The Morgan fingerprint density at radius 3 is 3.00 bits per heavy atom. The highest BCUT2D eigenvalue weighted by molar-refractivity contribution is 9.10. The summed E-state index contributed by atoms with van der Waals surface area (Å²) in [6.07, 6.45) is 1.79. The van der Waals surface area contributed by atoms with Gasteiger partial charge in [0.1, 0.15) is 0 Å². The van der Waals surface area contributed by atoms with E-state index in [-0.39, 0.29) is 18.6 Å². The van der Waals surface area contributed by atoms with Crippen LogP contribution in [0.1, 0.15) is 23.2 Å². The van der Waals surface area contributed by atoms with Gasteiger partial charge in [-0.3, -0.25) is 4.79 Å². The van der Waals surface area contributed by atoms with Gasteiger partial charge in [0.15, 0.2) is 0 Å². The summed E-state index contributed by atoms with van der Waals surface area (Å²) in [5.41, 5.74) is 0.496. The first kappa shape index (κ1) is 12.9. The van der Waals surface area contributed by atoms with Crippen LogP contribution in [0.2, 0.25) is 5.02 Å². The molecule has 1 aromatic rings. The van der Waals surface area contributed by atoms with E-state index >= 15 is 0 Å². The van der Waals surface area contributed by atoms with Crippen molar-refractivity contribution in [3.8, 4) is 0 Å². The van der Waals surface area contributed by atoms with E-state index in [0.29, 0.717) is 17.1 Å². The molecule has 0 aliphatic carbocycles. The molecule has 92 valence electrons. The molecule has 5 heteroatoms. The van der Waals surface area contributed by atoms with Crippen LogP contribution in [0.4, 0.5) is 0 Å². The number of likely N-dealkylation sites (tertiary alicyclic amines) is 1. The predicted molar refractivity (Wildman–Crippen MR) is 70.3 cm³/mol. The van der Waals surface area contributed by atoms with Gasteiger partial charge in [0, 0.05) is 11.0 Å². The second-order valence-electron chi connectivity index (χ2n) is 4.10. The topological polar surface area (TPSA) is 40.5 Å². The Morgan fingerprint density at radius 2 is 2.35 bits per heavy atom. The van der Waals surface area contributed by atoms with E-state index in [1.54, 1.807) is 23.1 Å². The number of nitrogens with zero attached hydrogens (tertiary/aromatic N) is 1. The van der Waals surface area contributed by atoms with Crippen molar-refractivity contribution in [3.63, 3.8) is 0 Å². The molecule has 0 spiro atoms. The van der Waals surface area contributed by atoms with Gasteiger partial charge in [-0.05, 0) is 31.0 Å². The molecule has 1 N–H and O–H groups in total. The van der Waals surface area contributed by atoms with Gasteiger partial charge in [0.05, 0.1) is 23.2 Å². The monoisotopic (exact) mass is 317 g/mol. The quantitative estimate of drug-likeness (QED) is 0.911. The summed E-state index contributed by atoms with van der Waals surface area (Å²) < 4.78 is 0.846. The second-order valence-corrected chi connectivity index (χ2v) is 5.42. The Balaban J connectivity index is 2.24. The largest absolute Gasteiger partial charge is 0.394 e. The average Bonchev–Trinajstić information content (AvgIpc) is 2.76. The SMILES string of the molecule is O=C(c1ccc(Br)cc1Cl)N1CCCC1CO. The number of carbonyl (C=O) groups excluding carboxylic acids is 1. The number of amides is 1. The molecule has 0 bridgehead atoms. The maximum atomic E-state index is 12.3. The molecule has 17 heavy (non-hydrogen) atoms. The van der Waals surface area contributed by atoms with E-state index in [2.05, 4.69) is 15.9 Å². The van der Waals surface area contributed by atoms with Crippen molar-refractivity contribution >= 4 is 33.4 Å². The van der Waals surface area contributed by atoms with Gasteiger partial charge >= 0.3 is 0 Å². The van der Waals surface area contributed by atoms with Crippen LogP contribution in [0.15, 0.2) is 22.7 Å². The first-order chi connectivity index (χ1) is 8.13. The number of halogens is 2. The van der Waals surface area contributed by atoms with E-state index < -0.39 is 0 Å². The number of hydrogen-bond acceptors (Lipinski definition) is 2. The Labute approximate surface area is 114 Å². The summed E-state index contributed by atoms with van der Waals surface area (Å²) >= 11 is 9.36. The van der Waals surface area contributed by atoms with Crippen LogP contribution < -0.4 is 0 Å². The van der Waals surface area contributed by atoms with Crippen LogP contribution in [0, 0.1) is 0 Å². The van der Waals surface area contributed by atoms with Crippen molar-refractivity contribution in [2.75, 3.05) is 13.2 Å². The molecule has 0 saturated carbocycles.